The van der Waals surface area contributed by atoms with Crippen LogP contribution in [0.5, 0.6) is 23.0 Å². The van der Waals surface area contributed by atoms with Crippen molar-refractivity contribution in [2.24, 2.45) is 0 Å². The molecule has 0 amide bonds. The van der Waals surface area contributed by atoms with Gasteiger partial charge in [-0.1, -0.05) is 12.1 Å². The van der Waals surface area contributed by atoms with Gasteiger partial charge in [0.25, 0.3) is 0 Å². The van der Waals surface area contributed by atoms with Gasteiger partial charge in [0.05, 0.1) is 13.2 Å². The van der Waals surface area contributed by atoms with Gasteiger partial charge in [-0.2, -0.15) is 0 Å². The minimum Gasteiger partial charge on any atom is -0.504 e. The van der Waals surface area contributed by atoms with Gasteiger partial charge in [-0.15, -0.1) is 0 Å². The number of aromatic hydroxyl groups is 4. The summed E-state index contributed by atoms with van der Waals surface area (Å²) in [4.78, 5) is 12.3. The van der Waals surface area contributed by atoms with Gasteiger partial charge in [0.2, 0.25) is 0 Å². The van der Waals surface area contributed by atoms with E-state index < -0.39 is 43.3 Å². The Morgan fingerprint density at radius 2 is 1.62 bits per heavy atom. The van der Waals surface area contributed by atoms with Gasteiger partial charge in [0, 0.05) is 6.08 Å². The van der Waals surface area contributed by atoms with E-state index in [2.05, 4.69) is 0 Å². The first kappa shape index (κ1) is 25.3. The number of carbonyl (C=O) groups excluding carboxylic acids is 1. The number of rotatable bonds is 8. The summed E-state index contributed by atoms with van der Waals surface area (Å²) < 4.78 is 16.1. The van der Waals surface area contributed by atoms with E-state index in [0.29, 0.717) is 11.1 Å². The SMILES string of the molecule is O=C(/C=C\c1ccc(O)c(O)c1)O[C@@H]1[C@@H](O)[C@@H](OCCc2ccc(O)c(O)c2)O[C@@H](CO)[C@H]1O. The summed E-state index contributed by atoms with van der Waals surface area (Å²) in [7, 11) is 0. The third-order valence-electron chi connectivity index (χ3n) is 5.20. The van der Waals surface area contributed by atoms with Crippen molar-refractivity contribution in [3.05, 3.63) is 53.6 Å². The zero-order valence-corrected chi connectivity index (χ0v) is 17.9. The van der Waals surface area contributed by atoms with E-state index in [1.54, 1.807) is 6.07 Å². The predicted octanol–water partition coefficient (Wildman–Crippen LogP) is 0.132. The summed E-state index contributed by atoms with van der Waals surface area (Å²) in [6.45, 7) is -0.624. The molecule has 0 saturated carbocycles. The molecule has 11 nitrogen and oxygen atoms in total. The number of aliphatic hydroxyl groups excluding tert-OH is 3. The molecule has 11 heteroatoms. The lowest BCUT2D eigenvalue weighted by molar-refractivity contribution is -0.302. The number of carbonyl (C=O) groups is 1. The Hall–Kier alpha value is -3.35. The molecule has 3 rings (SSSR count). The molecule has 1 aliphatic rings. The summed E-state index contributed by atoms with van der Waals surface area (Å²) >= 11 is 0. The van der Waals surface area contributed by atoms with Crippen molar-refractivity contribution in [2.75, 3.05) is 13.2 Å². The van der Waals surface area contributed by atoms with Crippen LogP contribution >= 0.6 is 0 Å². The Balaban J connectivity index is 1.62. The molecule has 0 bridgehead atoms. The molecule has 184 valence electrons. The van der Waals surface area contributed by atoms with Crippen molar-refractivity contribution in [2.45, 2.75) is 37.1 Å². The molecule has 7 N–H and O–H groups in total. The normalized spacial score (nSPS) is 24.9. The van der Waals surface area contributed by atoms with Crippen molar-refractivity contribution in [3.63, 3.8) is 0 Å². The smallest absolute Gasteiger partial charge is 0.331 e. The number of hydrogen-bond donors (Lipinski definition) is 7. The molecule has 0 aromatic heterocycles. The van der Waals surface area contributed by atoms with Crippen LogP contribution in [0.1, 0.15) is 11.1 Å². The molecule has 1 fully saturated rings. The van der Waals surface area contributed by atoms with Gasteiger partial charge in [-0.25, -0.2) is 4.79 Å². The number of hydrogen-bond acceptors (Lipinski definition) is 11. The maximum absolute atomic E-state index is 12.3. The van der Waals surface area contributed by atoms with E-state index in [4.69, 9.17) is 14.2 Å². The fraction of sp³-hybridized carbons (Fsp3) is 0.348. The van der Waals surface area contributed by atoms with Gasteiger partial charge in [-0.05, 0) is 47.9 Å². The van der Waals surface area contributed by atoms with Crippen molar-refractivity contribution in [1.29, 1.82) is 0 Å². The Bertz CT molecular complexity index is 1020. The lowest BCUT2D eigenvalue weighted by atomic mass is 9.99. The van der Waals surface area contributed by atoms with E-state index in [-0.39, 0.29) is 36.0 Å². The molecule has 5 atom stereocenters. The molecule has 2 aromatic rings. The van der Waals surface area contributed by atoms with E-state index in [1.165, 1.54) is 36.4 Å². The molecular formula is C23H26O11. The van der Waals surface area contributed by atoms with Crippen LogP contribution in [0, 0.1) is 0 Å². The Morgan fingerprint density at radius 1 is 0.941 bits per heavy atom. The lowest BCUT2D eigenvalue weighted by Gasteiger charge is -2.41. The highest BCUT2D eigenvalue weighted by atomic mass is 16.7. The molecular weight excluding hydrogens is 452 g/mol. The van der Waals surface area contributed by atoms with Gasteiger partial charge in [-0.3, -0.25) is 0 Å². The monoisotopic (exact) mass is 478 g/mol. The average Bonchev–Trinajstić information content (AvgIpc) is 2.81. The molecule has 0 radical (unpaired) electrons. The average molecular weight is 478 g/mol. The number of aliphatic hydroxyl groups is 3. The summed E-state index contributed by atoms with van der Waals surface area (Å²) in [5.74, 6) is -2.18. The highest BCUT2D eigenvalue weighted by molar-refractivity contribution is 5.87. The predicted molar refractivity (Wildman–Crippen MR) is 116 cm³/mol. The zero-order chi connectivity index (χ0) is 24.8. The van der Waals surface area contributed by atoms with Crippen LogP contribution < -0.4 is 0 Å². The van der Waals surface area contributed by atoms with Gasteiger partial charge >= 0.3 is 5.97 Å². The lowest BCUT2D eigenvalue weighted by Crippen LogP contribution is -2.60. The molecule has 34 heavy (non-hydrogen) atoms. The molecule has 0 spiro atoms. The Morgan fingerprint density at radius 3 is 2.26 bits per heavy atom. The first-order valence-corrected chi connectivity index (χ1v) is 10.3. The molecule has 0 unspecified atom stereocenters. The Labute approximate surface area is 194 Å². The molecule has 1 saturated heterocycles. The van der Waals surface area contributed by atoms with E-state index in [9.17, 15) is 40.5 Å². The van der Waals surface area contributed by atoms with E-state index >= 15 is 0 Å². The van der Waals surface area contributed by atoms with E-state index in [0.717, 1.165) is 6.08 Å². The van der Waals surface area contributed by atoms with Crippen LogP contribution in [0.25, 0.3) is 6.08 Å². The van der Waals surface area contributed by atoms with Crippen LogP contribution in [0.3, 0.4) is 0 Å². The second-order valence-corrected chi connectivity index (χ2v) is 7.63. The first-order chi connectivity index (χ1) is 16.2. The molecule has 2 aromatic carbocycles. The summed E-state index contributed by atoms with van der Waals surface area (Å²) in [6.07, 6.45) is -4.54. The van der Waals surface area contributed by atoms with Crippen LogP contribution in [-0.4, -0.2) is 85.6 Å². The quantitative estimate of drug-likeness (QED) is 0.155. The van der Waals surface area contributed by atoms with Gasteiger partial charge in [0.1, 0.15) is 18.3 Å². The first-order valence-electron chi connectivity index (χ1n) is 10.3. The fourth-order valence-electron chi connectivity index (χ4n) is 3.33. The minimum atomic E-state index is -1.58. The third kappa shape index (κ3) is 6.16. The number of phenols is 4. The van der Waals surface area contributed by atoms with Crippen LogP contribution in [0.4, 0.5) is 0 Å². The Kier molecular flexibility index (Phi) is 8.31. The van der Waals surface area contributed by atoms with Crippen LogP contribution in [0.15, 0.2) is 42.5 Å². The second-order valence-electron chi connectivity index (χ2n) is 7.63. The van der Waals surface area contributed by atoms with Crippen molar-refractivity contribution >= 4 is 12.0 Å². The summed E-state index contributed by atoms with van der Waals surface area (Å²) in [6, 6.07) is 8.13. The van der Waals surface area contributed by atoms with E-state index in [1.807, 2.05) is 0 Å². The minimum absolute atomic E-state index is 0.00506. The van der Waals surface area contributed by atoms with Crippen molar-refractivity contribution in [3.8, 4) is 23.0 Å². The van der Waals surface area contributed by atoms with Gasteiger partial charge < -0.3 is 50.0 Å². The molecule has 0 aliphatic carbocycles. The second kappa shape index (κ2) is 11.2. The maximum Gasteiger partial charge on any atom is 0.331 e. The topological polar surface area (TPSA) is 186 Å². The highest BCUT2D eigenvalue weighted by Gasteiger charge is 2.47. The van der Waals surface area contributed by atoms with Crippen LogP contribution in [-0.2, 0) is 25.4 Å². The fourth-order valence-corrected chi connectivity index (χ4v) is 3.33. The number of phenolic OH excluding ortho intramolecular Hbond substituents is 4. The van der Waals surface area contributed by atoms with Gasteiger partial charge in [0.15, 0.2) is 35.4 Å². The van der Waals surface area contributed by atoms with Crippen LogP contribution in [0.2, 0.25) is 0 Å². The third-order valence-corrected chi connectivity index (χ3v) is 5.20. The summed E-state index contributed by atoms with van der Waals surface area (Å²) in [5.41, 5.74) is 1.02. The van der Waals surface area contributed by atoms with Crippen molar-refractivity contribution < 1.29 is 54.8 Å². The standard InChI is InChI=1S/C23H26O11/c24-11-18-20(30)22(34-19(29)6-3-12-1-4-14(25)16(27)9-12)21(31)23(33-18)32-8-7-13-2-5-15(26)17(28)10-13/h1-6,9-10,18,20-28,30-31H,7-8,11H2/b6-3-/t18-,20+,21+,22-,23-/m0/s1. The number of ether oxygens (including phenoxy) is 3. The number of benzene rings is 2. The van der Waals surface area contributed by atoms with Crippen molar-refractivity contribution in [1.82, 2.24) is 0 Å². The number of esters is 1. The molecule has 1 heterocycles. The summed E-state index contributed by atoms with van der Waals surface area (Å²) in [5, 5.41) is 68.2. The maximum atomic E-state index is 12.3. The molecule has 1 aliphatic heterocycles. The zero-order valence-electron chi connectivity index (χ0n) is 17.9. The largest absolute Gasteiger partial charge is 0.504 e. The highest BCUT2D eigenvalue weighted by Crippen LogP contribution is 2.28.